The highest BCUT2D eigenvalue weighted by Crippen LogP contribution is 2.24. The minimum absolute atomic E-state index is 0.154. The molecule has 4 nitrogen and oxygen atoms in total. The van der Waals surface area contributed by atoms with Crippen molar-refractivity contribution in [1.82, 2.24) is 9.21 Å². The lowest BCUT2D eigenvalue weighted by molar-refractivity contribution is 0.170. The zero-order chi connectivity index (χ0) is 14.9. The summed E-state index contributed by atoms with van der Waals surface area (Å²) in [6.07, 6.45) is 0. The van der Waals surface area contributed by atoms with Gasteiger partial charge in [-0.1, -0.05) is 6.07 Å². The molecule has 0 saturated carbocycles. The number of likely N-dealkylation sites (N-methyl/N-ethyl adjacent to an activating group) is 1. The van der Waals surface area contributed by atoms with Crippen LogP contribution in [0, 0.1) is 5.82 Å². The van der Waals surface area contributed by atoms with E-state index in [2.05, 4.69) is 4.90 Å². The van der Waals surface area contributed by atoms with Crippen LogP contribution in [0.25, 0.3) is 0 Å². The normalized spacial score (nSPS) is 22.1. The average molecular weight is 321 g/mol. The Kier molecular flexibility index (Phi) is 4.69. The molecule has 0 aliphatic carbocycles. The fourth-order valence-corrected chi connectivity index (χ4v) is 4.33. The van der Waals surface area contributed by atoms with Gasteiger partial charge in [0, 0.05) is 31.6 Å². The molecule has 0 spiro atoms. The number of hydrogen-bond acceptors (Lipinski definition) is 3. The van der Waals surface area contributed by atoms with E-state index in [1.54, 1.807) is 0 Å². The van der Waals surface area contributed by atoms with Crippen LogP contribution >= 0.6 is 11.6 Å². The summed E-state index contributed by atoms with van der Waals surface area (Å²) in [5.74, 6) is -0.578. The smallest absolute Gasteiger partial charge is 0.246 e. The lowest BCUT2D eigenvalue weighted by atomic mass is 10.2. The van der Waals surface area contributed by atoms with Crippen molar-refractivity contribution in [2.24, 2.45) is 0 Å². The molecule has 2 rings (SSSR count). The third kappa shape index (κ3) is 2.98. The standard InChI is InChI=1S/C13H18ClFN2O2S/c1-10-9-16(2)5-6-17(10)20(18,19)13-7-11(8-14)3-4-12(13)15/h3-4,7,10H,5-6,8-9H2,1-2H3. The summed E-state index contributed by atoms with van der Waals surface area (Å²) < 4.78 is 40.5. The van der Waals surface area contributed by atoms with Gasteiger partial charge in [-0.2, -0.15) is 4.31 Å². The fraction of sp³-hybridized carbons (Fsp3) is 0.538. The molecule has 1 aromatic carbocycles. The summed E-state index contributed by atoms with van der Waals surface area (Å²) in [4.78, 5) is 1.77. The van der Waals surface area contributed by atoms with Crippen molar-refractivity contribution in [3.8, 4) is 0 Å². The van der Waals surface area contributed by atoms with Crippen molar-refractivity contribution in [2.75, 3.05) is 26.7 Å². The molecule has 1 fully saturated rings. The van der Waals surface area contributed by atoms with Crippen molar-refractivity contribution in [3.63, 3.8) is 0 Å². The Bertz CT molecular complexity index is 594. The summed E-state index contributed by atoms with van der Waals surface area (Å²) in [5.41, 5.74) is 0.591. The molecule has 1 aliphatic rings. The Morgan fingerprint density at radius 3 is 2.70 bits per heavy atom. The van der Waals surface area contributed by atoms with Crippen LogP contribution in [-0.2, 0) is 15.9 Å². The molecule has 1 atom stereocenters. The summed E-state index contributed by atoms with van der Waals surface area (Å²) in [7, 11) is -1.89. The van der Waals surface area contributed by atoms with Crippen molar-refractivity contribution in [3.05, 3.63) is 29.6 Å². The SMILES string of the molecule is CC1CN(C)CCN1S(=O)(=O)c1cc(CCl)ccc1F. The van der Waals surface area contributed by atoms with Crippen molar-refractivity contribution in [2.45, 2.75) is 23.7 Å². The first-order valence-corrected chi connectivity index (χ1v) is 8.38. The molecule has 0 aromatic heterocycles. The van der Waals surface area contributed by atoms with Crippen LogP contribution in [0.1, 0.15) is 12.5 Å². The van der Waals surface area contributed by atoms with E-state index >= 15 is 0 Å². The van der Waals surface area contributed by atoms with Gasteiger partial charge in [-0.05, 0) is 31.7 Å². The molecule has 0 radical (unpaired) electrons. The zero-order valence-corrected chi connectivity index (χ0v) is 13.1. The van der Waals surface area contributed by atoms with Crippen LogP contribution in [0.5, 0.6) is 0 Å². The third-order valence-electron chi connectivity index (χ3n) is 3.51. The molecular weight excluding hydrogens is 303 g/mol. The van der Waals surface area contributed by atoms with Gasteiger partial charge in [0.25, 0.3) is 0 Å². The summed E-state index contributed by atoms with van der Waals surface area (Å²) >= 11 is 5.70. The minimum Gasteiger partial charge on any atom is -0.303 e. The zero-order valence-electron chi connectivity index (χ0n) is 11.5. The van der Waals surface area contributed by atoms with Crippen LogP contribution in [0.2, 0.25) is 0 Å². The highest BCUT2D eigenvalue weighted by molar-refractivity contribution is 7.89. The molecule has 112 valence electrons. The maximum Gasteiger partial charge on any atom is 0.246 e. The van der Waals surface area contributed by atoms with Crippen LogP contribution in [0.3, 0.4) is 0 Å². The van der Waals surface area contributed by atoms with Crippen LogP contribution < -0.4 is 0 Å². The first-order chi connectivity index (χ1) is 9.36. The van der Waals surface area contributed by atoms with E-state index in [1.165, 1.54) is 16.4 Å². The van der Waals surface area contributed by atoms with Gasteiger partial charge in [0.2, 0.25) is 10.0 Å². The average Bonchev–Trinajstić information content (AvgIpc) is 2.38. The molecule has 0 amide bonds. The summed E-state index contributed by atoms with van der Waals surface area (Å²) in [6, 6.07) is 3.79. The number of alkyl halides is 1. The maximum atomic E-state index is 13.9. The van der Waals surface area contributed by atoms with Gasteiger partial charge in [-0.25, -0.2) is 12.8 Å². The minimum atomic E-state index is -3.82. The molecular formula is C13H18ClFN2O2S. The summed E-state index contributed by atoms with van der Waals surface area (Å²) in [6.45, 7) is 3.47. The van der Waals surface area contributed by atoms with Gasteiger partial charge < -0.3 is 4.90 Å². The van der Waals surface area contributed by atoms with Crippen molar-refractivity contribution >= 4 is 21.6 Å². The number of halogens is 2. The predicted octanol–water partition coefficient (Wildman–Crippen LogP) is 1.89. The Labute approximate surface area is 124 Å². The Balaban J connectivity index is 2.40. The lowest BCUT2D eigenvalue weighted by Crippen LogP contribution is -2.52. The van der Waals surface area contributed by atoms with Crippen LogP contribution in [0.4, 0.5) is 4.39 Å². The van der Waals surface area contributed by atoms with Gasteiger partial charge in [-0.15, -0.1) is 11.6 Å². The first kappa shape index (κ1) is 15.7. The number of rotatable bonds is 3. The fourth-order valence-electron chi connectivity index (χ4n) is 2.44. The van der Waals surface area contributed by atoms with E-state index in [0.717, 1.165) is 6.07 Å². The van der Waals surface area contributed by atoms with E-state index in [4.69, 9.17) is 11.6 Å². The van der Waals surface area contributed by atoms with E-state index in [-0.39, 0.29) is 16.8 Å². The Morgan fingerprint density at radius 2 is 2.10 bits per heavy atom. The molecule has 0 bridgehead atoms. The van der Waals surface area contributed by atoms with E-state index in [1.807, 2.05) is 14.0 Å². The van der Waals surface area contributed by atoms with Gasteiger partial charge in [0.05, 0.1) is 0 Å². The van der Waals surface area contributed by atoms with Gasteiger partial charge in [0.1, 0.15) is 10.7 Å². The maximum absolute atomic E-state index is 13.9. The summed E-state index contributed by atoms with van der Waals surface area (Å²) in [5, 5.41) is 0. The monoisotopic (exact) mass is 320 g/mol. The van der Waals surface area contributed by atoms with E-state index in [9.17, 15) is 12.8 Å². The van der Waals surface area contributed by atoms with Crippen LogP contribution in [-0.4, -0.2) is 50.3 Å². The molecule has 1 aliphatic heterocycles. The van der Waals surface area contributed by atoms with Gasteiger partial charge in [0.15, 0.2) is 0 Å². The number of benzene rings is 1. The van der Waals surface area contributed by atoms with Gasteiger partial charge >= 0.3 is 0 Å². The number of piperazine rings is 1. The highest BCUT2D eigenvalue weighted by Gasteiger charge is 2.34. The molecule has 1 unspecified atom stereocenters. The molecule has 0 N–H and O–H groups in total. The second kappa shape index (κ2) is 5.97. The lowest BCUT2D eigenvalue weighted by Gasteiger charge is -2.37. The Morgan fingerprint density at radius 1 is 1.40 bits per heavy atom. The van der Waals surface area contributed by atoms with Crippen molar-refractivity contribution < 1.29 is 12.8 Å². The molecule has 7 heteroatoms. The molecule has 1 saturated heterocycles. The number of hydrogen-bond donors (Lipinski definition) is 0. The quantitative estimate of drug-likeness (QED) is 0.799. The second-order valence-electron chi connectivity index (χ2n) is 5.13. The Hall–Kier alpha value is -0.690. The predicted molar refractivity (Wildman–Crippen MR) is 76.8 cm³/mol. The van der Waals surface area contributed by atoms with E-state index < -0.39 is 15.8 Å². The largest absolute Gasteiger partial charge is 0.303 e. The first-order valence-electron chi connectivity index (χ1n) is 6.41. The third-order valence-corrected chi connectivity index (χ3v) is 5.84. The van der Waals surface area contributed by atoms with Gasteiger partial charge in [-0.3, -0.25) is 0 Å². The topological polar surface area (TPSA) is 40.6 Å². The van der Waals surface area contributed by atoms with Crippen molar-refractivity contribution in [1.29, 1.82) is 0 Å². The number of nitrogens with zero attached hydrogens (tertiary/aromatic N) is 2. The van der Waals surface area contributed by atoms with Crippen LogP contribution in [0.15, 0.2) is 23.1 Å². The van der Waals surface area contributed by atoms with E-state index in [0.29, 0.717) is 25.2 Å². The second-order valence-corrected chi connectivity index (χ2v) is 7.25. The highest BCUT2D eigenvalue weighted by atomic mass is 35.5. The molecule has 1 aromatic rings. The number of sulfonamides is 1. The molecule has 1 heterocycles. The molecule has 20 heavy (non-hydrogen) atoms.